The summed E-state index contributed by atoms with van der Waals surface area (Å²) >= 11 is 0. The first kappa shape index (κ1) is 12.2. The summed E-state index contributed by atoms with van der Waals surface area (Å²) in [7, 11) is 0. The maximum Gasteiger partial charge on any atom is 0.258 e. The van der Waals surface area contributed by atoms with E-state index in [-0.39, 0.29) is 11.7 Å². The fourth-order valence-corrected chi connectivity index (χ4v) is 1.57. The number of rotatable bonds is 2. The smallest absolute Gasteiger partial charge is 0.258 e. The van der Waals surface area contributed by atoms with Crippen molar-refractivity contribution < 1.29 is 14.4 Å². The number of hydrogen-bond donors (Lipinski definition) is 2. The summed E-state index contributed by atoms with van der Waals surface area (Å²) in [5, 5.41) is 16.0. The van der Waals surface area contributed by atoms with Crippen molar-refractivity contribution in [3.8, 4) is 5.75 Å². The minimum Gasteiger partial charge on any atom is -0.508 e. The van der Waals surface area contributed by atoms with Crippen LogP contribution in [0.5, 0.6) is 5.75 Å². The van der Waals surface area contributed by atoms with Gasteiger partial charge in [0.15, 0.2) is 0 Å². The molecular weight excluding hydrogens is 232 g/mol. The Morgan fingerprint density at radius 3 is 2.61 bits per heavy atom. The van der Waals surface area contributed by atoms with Crippen LogP contribution < -0.4 is 5.32 Å². The van der Waals surface area contributed by atoms with Crippen LogP contribution in [0.25, 0.3) is 0 Å². The minimum absolute atomic E-state index is 0.0909. The number of carbonyl (C=O) groups is 1. The molecule has 0 atom stereocenters. The van der Waals surface area contributed by atoms with Gasteiger partial charge in [0, 0.05) is 16.7 Å². The highest BCUT2D eigenvalue weighted by molar-refractivity contribution is 6.05. The fraction of sp³-hybridized carbons (Fsp3) is 0.231. The summed E-state index contributed by atoms with van der Waals surface area (Å²) < 4.78 is 5.01. The summed E-state index contributed by atoms with van der Waals surface area (Å²) in [5.41, 5.74) is 2.46. The highest BCUT2D eigenvalue weighted by atomic mass is 16.5. The highest BCUT2D eigenvalue weighted by Crippen LogP contribution is 2.22. The number of aromatic hydroxyl groups is 1. The maximum absolute atomic E-state index is 12.0. The molecule has 1 aromatic heterocycles. The number of phenolic OH excluding ortho intramolecular Hbond substituents is 1. The van der Waals surface area contributed by atoms with Gasteiger partial charge in [-0.05, 0) is 32.9 Å². The Balaban J connectivity index is 2.28. The summed E-state index contributed by atoms with van der Waals surface area (Å²) in [6.45, 7) is 5.30. The van der Waals surface area contributed by atoms with Gasteiger partial charge in [-0.15, -0.1) is 0 Å². The van der Waals surface area contributed by atoms with Gasteiger partial charge in [0.05, 0.1) is 5.69 Å². The van der Waals surface area contributed by atoms with Crippen molar-refractivity contribution in [1.29, 1.82) is 0 Å². The lowest BCUT2D eigenvalue weighted by Gasteiger charge is -2.06. The number of hydrogen-bond acceptors (Lipinski definition) is 4. The maximum atomic E-state index is 12.0. The molecule has 1 amide bonds. The lowest BCUT2D eigenvalue weighted by atomic mass is 10.1. The van der Waals surface area contributed by atoms with E-state index in [2.05, 4.69) is 10.5 Å². The van der Waals surface area contributed by atoms with Crippen molar-refractivity contribution in [2.75, 3.05) is 5.32 Å². The molecule has 0 radical (unpaired) electrons. The van der Waals surface area contributed by atoms with Gasteiger partial charge in [-0.3, -0.25) is 10.1 Å². The molecule has 1 aromatic carbocycles. The van der Waals surface area contributed by atoms with Crippen LogP contribution in [0.15, 0.2) is 22.7 Å². The van der Waals surface area contributed by atoms with Crippen LogP contribution >= 0.6 is 0 Å². The predicted octanol–water partition coefficient (Wildman–Crippen LogP) is 2.56. The molecule has 0 saturated carbocycles. The topological polar surface area (TPSA) is 75.4 Å². The molecule has 5 nitrogen and oxygen atoms in total. The SMILES string of the molecule is Cc1noc(NC(=O)c2cccc(O)c2C)c1C. The van der Waals surface area contributed by atoms with Crippen molar-refractivity contribution in [1.82, 2.24) is 5.16 Å². The Bertz CT molecular complexity index is 602. The van der Waals surface area contributed by atoms with Gasteiger partial charge in [-0.2, -0.15) is 0 Å². The van der Waals surface area contributed by atoms with Crippen LogP contribution in [0.4, 0.5) is 5.88 Å². The monoisotopic (exact) mass is 246 g/mol. The molecule has 2 rings (SSSR count). The zero-order valence-electron chi connectivity index (χ0n) is 10.4. The van der Waals surface area contributed by atoms with Gasteiger partial charge < -0.3 is 9.63 Å². The number of aromatic nitrogens is 1. The Morgan fingerprint density at radius 2 is 2.00 bits per heavy atom. The first-order valence-electron chi connectivity index (χ1n) is 5.53. The van der Waals surface area contributed by atoms with Crippen LogP contribution in [0.2, 0.25) is 0 Å². The molecular formula is C13H14N2O3. The number of amides is 1. The Morgan fingerprint density at radius 1 is 1.28 bits per heavy atom. The van der Waals surface area contributed by atoms with Crippen molar-refractivity contribution in [3.05, 3.63) is 40.6 Å². The van der Waals surface area contributed by atoms with Crippen LogP contribution in [-0.2, 0) is 0 Å². The first-order chi connectivity index (χ1) is 8.50. The molecule has 0 bridgehead atoms. The highest BCUT2D eigenvalue weighted by Gasteiger charge is 2.15. The van der Waals surface area contributed by atoms with Crippen LogP contribution in [-0.4, -0.2) is 16.2 Å². The van der Waals surface area contributed by atoms with Crippen molar-refractivity contribution in [2.45, 2.75) is 20.8 Å². The third-order valence-electron chi connectivity index (χ3n) is 2.93. The summed E-state index contributed by atoms with van der Waals surface area (Å²) in [6.07, 6.45) is 0. The molecule has 18 heavy (non-hydrogen) atoms. The molecule has 0 saturated heterocycles. The fourth-order valence-electron chi connectivity index (χ4n) is 1.57. The van der Waals surface area contributed by atoms with Crippen LogP contribution in [0.1, 0.15) is 27.2 Å². The number of aryl methyl sites for hydroxylation is 1. The van der Waals surface area contributed by atoms with Gasteiger partial charge in [0.2, 0.25) is 5.88 Å². The minimum atomic E-state index is -0.331. The second-order valence-electron chi connectivity index (χ2n) is 4.13. The van der Waals surface area contributed by atoms with Gasteiger partial charge in [0.25, 0.3) is 5.91 Å². The normalized spacial score (nSPS) is 10.4. The van der Waals surface area contributed by atoms with Gasteiger partial charge in [-0.1, -0.05) is 11.2 Å². The van der Waals surface area contributed by atoms with Gasteiger partial charge in [-0.25, -0.2) is 0 Å². The summed E-state index contributed by atoms with van der Waals surface area (Å²) in [4.78, 5) is 12.0. The van der Waals surface area contributed by atoms with E-state index in [9.17, 15) is 9.90 Å². The first-order valence-corrected chi connectivity index (χ1v) is 5.53. The number of carbonyl (C=O) groups excluding carboxylic acids is 1. The Labute approximate surface area is 104 Å². The molecule has 0 fully saturated rings. The Kier molecular flexibility index (Phi) is 3.06. The zero-order chi connectivity index (χ0) is 13.3. The molecule has 1 heterocycles. The molecule has 5 heteroatoms. The van der Waals surface area contributed by atoms with Crippen molar-refractivity contribution >= 4 is 11.8 Å². The van der Waals surface area contributed by atoms with E-state index in [1.807, 2.05) is 6.92 Å². The van der Waals surface area contributed by atoms with Crippen molar-refractivity contribution in [3.63, 3.8) is 0 Å². The van der Waals surface area contributed by atoms with E-state index in [0.717, 1.165) is 11.3 Å². The molecule has 0 spiro atoms. The summed E-state index contributed by atoms with van der Waals surface area (Å²) in [5.74, 6) is 0.0935. The third kappa shape index (κ3) is 2.07. The molecule has 0 aliphatic heterocycles. The molecule has 0 aliphatic rings. The molecule has 2 aromatic rings. The third-order valence-corrected chi connectivity index (χ3v) is 2.93. The van der Waals surface area contributed by atoms with Crippen LogP contribution in [0, 0.1) is 20.8 Å². The quantitative estimate of drug-likeness (QED) is 0.853. The van der Waals surface area contributed by atoms with Crippen LogP contribution in [0.3, 0.4) is 0 Å². The van der Waals surface area contributed by atoms with E-state index in [1.54, 1.807) is 26.0 Å². The molecule has 94 valence electrons. The van der Waals surface area contributed by atoms with Gasteiger partial charge >= 0.3 is 0 Å². The number of phenols is 1. The zero-order valence-corrected chi connectivity index (χ0v) is 10.4. The largest absolute Gasteiger partial charge is 0.508 e. The lowest BCUT2D eigenvalue weighted by Crippen LogP contribution is -2.13. The second-order valence-corrected chi connectivity index (χ2v) is 4.13. The number of anilines is 1. The molecule has 0 aliphatic carbocycles. The average Bonchev–Trinajstić information content (AvgIpc) is 2.64. The lowest BCUT2D eigenvalue weighted by molar-refractivity contribution is 0.102. The summed E-state index contributed by atoms with van der Waals surface area (Å²) in [6, 6.07) is 4.80. The number of benzene rings is 1. The van der Waals surface area contributed by atoms with Gasteiger partial charge in [0.1, 0.15) is 5.75 Å². The predicted molar refractivity (Wildman–Crippen MR) is 66.8 cm³/mol. The van der Waals surface area contributed by atoms with E-state index < -0.39 is 0 Å². The standard InChI is InChI=1S/C13H14N2O3/c1-7-9(3)15-18-13(7)14-12(17)10-5-4-6-11(16)8(10)2/h4-6,16H,1-3H3,(H,14,17). The Hall–Kier alpha value is -2.30. The number of nitrogens with zero attached hydrogens (tertiary/aromatic N) is 1. The molecule has 0 unspecified atom stereocenters. The average molecular weight is 246 g/mol. The van der Waals surface area contributed by atoms with E-state index >= 15 is 0 Å². The van der Waals surface area contributed by atoms with Crippen molar-refractivity contribution in [2.24, 2.45) is 0 Å². The number of nitrogens with one attached hydrogen (secondary N) is 1. The van der Waals surface area contributed by atoms with E-state index in [0.29, 0.717) is 17.0 Å². The van der Waals surface area contributed by atoms with E-state index in [4.69, 9.17) is 4.52 Å². The van der Waals surface area contributed by atoms with E-state index in [1.165, 1.54) is 6.07 Å². The molecule has 2 N–H and O–H groups in total. The second kappa shape index (κ2) is 4.52.